The predicted molar refractivity (Wildman–Crippen MR) is 137 cm³/mol. The number of piperidine rings is 1. The molecule has 2 aliphatic heterocycles. The van der Waals surface area contributed by atoms with E-state index in [1.54, 1.807) is 9.80 Å². The number of nitrogens with one attached hydrogen (secondary N) is 1. The molecule has 36 heavy (non-hydrogen) atoms. The quantitative estimate of drug-likeness (QED) is 0.550. The fraction of sp³-hybridized carbons (Fsp3) is 0.704. The van der Waals surface area contributed by atoms with E-state index in [4.69, 9.17) is 10.00 Å². The number of carbonyl (C=O) groups excluding carboxylic acids is 1. The first-order valence-electron chi connectivity index (χ1n) is 13.0. The number of piperazine rings is 1. The van der Waals surface area contributed by atoms with Gasteiger partial charge in [0.15, 0.2) is 0 Å². The number of nitriles is 1. The largest absolute Gasteiger partial charge is 0.444 e. The lowest BCUT2D eigenvalue weighted by molar-refractivity contribution is -0.00191. The zero-order valence-electron chi connectivity index (χ0n) is 22.4. The molecule has 0 aromatic heterocycles. The zero-order valence-corrected chi connectivity index (χ0v) is 22.4. The maximum Gasteiger partial charge on any atom is 0.410 e. The van der Waals surface area contributed by atoms with Crippen molar-refractivity contribution >= 4 is 11.8 Å². The molecule has 0 spiro atoms. The number of likely N-dealkylation sites (tertiary alicyclic amines) is 1. The fourth-order valence-corrected chi connectivity index (χ4v) is 5.26. The van der Waals surface area contributed by atoms with Gasteiger partial charge in [-0.1, -0.05) is 0 Å². The number of halogens is 2. The zero-order chi connectivity index (χ0) is 26.5. The van der Waals surface area contributed by atoms with Gasteiger partial charge in [-0.25, -0.2) is 13.6 Å². The van der Waals surface area contributed by atoms with E-state index in [1.807, 2.05) is 26.8 Å². The second-order valence-corrected chi connectivity index (χ2v) is 11.4. The molecule has 7 nitrogen and oxygen atoms in total. The smallest absolute Gasteiger partial charge is 0.410 e. The fourth-order valence-electron chi connectivity index (χ4n) is 5.26. The van der Waals surface area contributed by atoms with Crippen molar-refractivity contribution in [1.29, 1.82) is 5.26 Å². The topological polar surface area (TPSA) is 71.8 Å². The Labute approximate surface area is 214 Å². The first-order chi connectivity index (χ1) is 16.9. The molecule has 1 aromatic carbocycles. The lowest BCUT2D eigenvalue weighted by Gasteiger charge is -2.50. The standard InChI is InChI=1S/C27H41F2N5O2/c1-26(2,3)36-25(35)33-11-7-21(8-12-33)27(4,5)34-15-13-32(14-16-34)24-22(28)17-20(18-23(24)29)19-31-10-6-9-30/h17-18,21,31H,6-8,10-16,19H2,1-5H3. The van der Waals surface area contributed by atoms with Crippen molar-refractivity contribution in [3.05, 3.63) is 29.3 Å². The summed E-state index contributed by atoms with van der Waals surface area (Å²) < 4.78 is 35.3. The highest BCUT2D eigenvalue weighted by atomic mass is 19.1. The molecule has 2 heterocycles. The molecule has 1 aromatic rings. The molecule has 2 saturated heterocycles. The van der Waals surface area contributed by atoms with Gasteiger partial charge >= 0.3 is 6.09 Å². The molecule has 0 atom stereocenters. The number of anilines is 1. The van der Waals surface area contributed by atoms with Crippen molar-refractivity contribution in [2.45, 2.75) is 71.6 Å². The minimum atomic E-state index is -0.547. The Morgan fingerprint density at radius 1 is 1.06 bits per heavy atom. The number of amides is 1. The summed E-state index contributed by atoms with van der Waals surface area (Å²) in [5.41, 5.74) is -0.00785. The lowest BCUT2D eigenvalue weighted by Crippen LogP contribution is -2.59. The number of benzene rings is 1. The van der Waals surface area contributed by atoms with Gasteiger partial charge in [0.25, 0.3) is 0 Å². The molecule has 2 aliphatic rings. The van der Waals surface area contributed by atoms with Crippen LogP contribution in [0.4, 0.5) is 19.3 Å². The van der Waals surface area contributed by atoms with Crippen LogP contribution in [-0.2, 0) is 11.3 Å². The summed E-state index contributed by atoms with van der Waals surface area (Å²) in [6.45, 7) is 14.8. The van der Waals surface area contributed by atoms with Gasteiger partial charge < -0.3 is 19.9 Å². The van der Waals surface area contributed by atoms with Crippen LogP contribution >= 0.6 is 0 Å². The number of hydrogen-bond acceptors (Lipinski definition) is 6. The Hall–Kier alpha value is -2.44. The van der Waals surface area contributed by atoms with E-state index < -0.39 is 17.2 Å². The van der Waals surface area contributed by atoms with E-state index in [9.17, 15) is 13.6 Å². The normalized spacial score (nSPS) is 18.3. The van der Waals surface area contributed by atoms with Crippen molar-refractivity contribution in [3.63, 3.8) is 0 Å². The Bertz CT molecular complexity index is 917. The molecule has 9 heteroatoms. The summed E-state index contributed by atoms with van der Waals surface area (Å²) in [6, 6.07) is 4.80. The number of rotatable bonds is 7. The van der Waals surface area contributed by atoms with Gasteiger partial charge in [0.05, 0.1) is 6.07 Å². The Morgan fingerprint density at radius 3 is 2.17 bits per heavy atom. The van der Waals surface area contributed by atoms with Crippen LogP contribution in [0.1, 0.15) is 59.4 Å². The van der Waals surface area contributed by atoms with Crippen LogP contribution in [0.3, 0.4) is 0 Å². The summed E-state index contributed by atoms with van der Waals surface area (Å²) in [6.07, 6.45) is 1.91. The van der Waals surface area contributed by atoms with Crippen molar-refractivity contribution in [2.24, 2.45) is 5.92 Å². The second-order valence-electron chi connectivity index (χ2n) is 11.4. The third kappa shape index (κ3) is 7.07. The molecule has 0 radical (unpaired) electrons. The van der Waals surface area contributed by atoms with Crippen LogP contribution < -0.4 is 10.2 Å². The molecule has 0 saturated carbocycles. The van der Waals surface area contributed by atoms with Gasteiger partial charge in [-0.2, -0.15) is 5.26 Å². The Kier molecular flexibility index (Phi) is 9.18. The molecular weight excluding hydrogens is 464 g/mol. The second kappa shape index (κ2) is 11.7. The highest BCUT2D eigenvalue weighted by Crippen LogP contribution is 2.35. The summed E-state index contributed by atoms with van der Waals surface area (Å²) in [5.74, 6) is -0.673. The summed E-state index contributed by atoms with van der Waals surface area (Å²) in [7, 11) is 0. The lowest BCUT2D eigenvalue weighted by atomic mass is 9.78. The molecular formula is C27H41F2N5O2. The molecule has 0 aliphatic carbocycles. The average Bonchev–Trinajstić information content (AvgIpc) is 2.81. The molecule has 0 unspecified atom stereocenters. The van der Waals surface area contributed by atoms with Crippen molar-refractivity contribution in [2.75, 3.05) is 50.7 Å². The summed E-state index contributed by atoms with van der Waals surface area (Å²) in [5, 5.41) is 11.6. The molecule has 2 fully saturated rings. The average molecular weight is 506 g/mol. The minimum Gasteiger partial charge on any atom is -0.444 e. The van der Waals surface area contributed by atoms with Gasteiger partial charge in [-0.05, 0) is 71.1 Å². The molecule has 0 bridgehead atoms. The first-order valence-corrected chi connectivity index (χ1v) is 13.0. The highest BCUT2D eigenvalue weighted by molar-refractivity contribution is 5.68. The maximum atomic E-state index is 14.9. The van der Waals surface area contributed by atoms with Crippen LogP contribution in [0, 0.1) is 28.9 Å². The Balaban J connectivity index is 1.54. The summed E-state index contributed by atoms with van der Waals surface area (Å²) in [4.78, 5) is 18.4. The van der Waals surface area contributed by atoms with E-state index in [2.05, 4.69) is 24.1 Å². The molecule has 200 valence electrons. The van der Waals surface area contributed by atoms with Crippen LogP contribution in [0.5, 0.6) is 0 Å². The van der Waals surface area contributed by atoms with E-state index in [-0.39, 0.29) is 17.3 Å². The van der Waals surface area contributed by atoms with E-state index >= 15 is 0 Å². The number of carbonyl (C=O) groups is 1. The van der Waals surface area contributed by atoms with Crippen LogP contribution in [0.2, 0.25) is 0 Å². The molecule has 1 amide bonds. The maximum absolute atomic E-state index is 14.9. The molecule has 3 rings (SSSR count). The van der Waals surface area contributed by atoms with Crippen LogP contribution in [-0.4, -0.2) is 72.8 Å². The van der Waals surface area contributed by atoms with Crippen molar-refractivity contribution in [1.82, 2.24) is 15.1 Å². The van der Waals surface area contributed by atoms with Gasteiger partial charge in [0.2, 0.25) is 0 Å². The van der Waals surface area contributed by atoms with Gasteiger partial charge in [-0.15, -0.1) is 0 Å². The summed E-state index contributed by atoms with van der Waals surface area (Å²) >= 11 is 0. The first kappa shape index (κ1) is 28.1. The number of nitrogens with zero attached hydrogens (tertiary/aromatic N) is 4. The van der Waals surface area contributed by atoms with Crippen molar-refractivity contribution < 1.29 is 18.3 Å². The minimum absolute atomic E-state index is 0.0406. The highest BCUT2D eigenvalue weighted by Gasteiger charge is 2.40. The van der Waals surface area contributed by atoms with Crippen LogP contribution in [0.25, 0.3) is 0 Å². The van der Waals surface area contributed by atoms with Gasteiger partial charge in [0.1, 0.15) is 22.9 Å². The van der Waals surface area contributed by atoms with Crippen LogP contribution in [0.15, 0.2) is 12.1 Å². The van der Waals surface area contributed by atoms with E-state index in [0.717, 1.165) is 25.9 Å². The van der Waals surface area contributed by atoms with Crippen molar-refractivity contribution in [3.8, 4) is 6.07 Å². The SMILES string of the molecule is CC(C)(C)OC(=O)N1CCC(C(C)(C)N2CCN(c3c(F)cc(CNCCC#N)cc3F)CC2)CC1. The van der Waals surface area contributed by atoms with E-state index in [1.165, 1.54) is 12.1 Å². The molecule has 1 N–H and O–H groups in total. The third-order valence-corrected chi connectivity index (χ3v) is 7.38. The monoisotopic (exact) mass is 505 g/mol. The van der Waals surface area contributed by atoms with Gasteiger partial charge in [-0.3, -0.25) is 4.90 Å². The third-order valence-electron chi connectivity index (χ3n) is 7.38. The van der Waals surface area contributed by atoms with E-state index in [0.29, 0.717) is 57.2 Å². The predicted octanol–water partition coefficient (Wildman–Crippen LogP) is 4.52. The number of hydrogen-bond donors (Lipinski definition) is 1. The number of ether oxygens (including phenoxy) is 1. The van der Waals surface area contributed by atoms with Gasteiger partial charge in [0, 0.05) is 64.3 Å². The Morgan fingerprint density at radius 2 is 1.64 bits per heavy atom.